The highest BCUT2D eigenvalue weighted by Crippen LogP contribution is 2.52. The summed E-state index contributed by atoms with van der Waals surface area (Å²) >= 11 is 0. The maximum Gasteiger partial charge on any atom is -0.0107 e. The topological polar surface area (TPSA) is 0 Å². The van der Waals surface area contributed by atoms with Crippen molar-refractivity contribution in [1.29, 1.82) is 0 Å². The molecule has 0 amide bonds. The Morgan fingerprint density at radius 1 is 1.38 bits per heavy atom. The van der Waals surface area contributed by atoms with Crippen molar-refractivity contribution in [3.63, 3.8) is 0 Å². The molecule has 16 heavy (non-hydrogen) atoms. The Kier molecular flexibility index (Phi) is 2.86. The van der Waals surface area contributed by atoms with Gasteiger partial charge in [-0.2, -0.15) is 0 Å². The van der Waals surface area contributed by atoms with E-state index in [9.17, 15) is 0 Å². The van der Waals surface area contributed by atoms with Gasteiger partial charge in [-0.1, -0.05) is 36.8 Å². The molecule has 0 saturated heterocycles. The second-order valence-corrected chi connectivity index (χ2v) is 6.05. The van der Waals surface area contributed by atoms with Crippen LogP contribution in [0, 0.1) is 11.3 Å². The van der Waals surface area contributed by atoms with E-state index in [-0.39, 0.29) is 0 Å². The number of fused-ring (bicyclic) bond motifs is 1. The van der Waals surface area contributed by atoms with E-state index >= 15 is 0 Å². The van der Waals surface area contributed by atoms with Gasteiger partial charge in [0.2, 0.25) is 0 Å². The molecule has 0 unspecified atom stereocenters. The van der Waals surface area contributed by atoms with Gasteiger partial charge in [0.25, 0.3) is 0 Å². The predicted octanol–water partition coefficient (Wildman–Crippen LogP) is 5.04. The molecular weight excluding hydrogens is 192 g/mol. The highest BCUT2D eigenvalue weighted by Gasteiger charge is 2.38. The quantitative estimate of drug-likeness (QED) is 0.539. The largest absolute Gasteiger partial charge is 0.0998 e. The van der Waals surface area contributed by atoms with Crippen molar-refractivity contribution in [3.05, 3.63) is 35.5 Å². The molecule has 0 nitrogen and oxygen atoms in total. The number of allylic oxidation sites excluding steroid dienone is 4. The number of hydrogen-bond acceptors (Lipinski definition) is 0. The van der Waals surface area contributed by atoms with Crippen LogP contribution in [-0.4, -0.2) is 0 Å². The van der Waals surface area contributed by atoms with Gasteiger partial charge in [-0.05, 0) is 62.9 Å². The molecule has 0 heterocycles. The van der Waals surface area contributed by atoms with Crippen LogP contribution in [0.4, 0.5) is 0 Å². The van der Waals surface area contributed by atoms with E-state index in [1.54, 1.807) is 5.57 Å². The summed E-state index contributed by atoms with van der Waals surface area (Å²) in [6.45, 7) is 15.3. The van der Waals surface area contributed by atoms with Gasteiger partial charge in [0.05, 0.1) is 0 Å². The maximum atomic E-state index is 4.21. The molecule has 1 fully saturated rings. The first kappa shape index (κ1) is 11.7. The van der Waals surface area contributed by atoms with E-state index in [2.05, 4.69) is 33.9 Å². The van der Waals surface area contributed by atoms with Crippen molar-refractivity contribution in [2.24, 2.45) is 11.3 Å². The van der Waals surface area contributed by atoms with E-state index in [1.807, 2.05) is 0 Å². The molecular formula is C16H24. The fourth-order valence-corrected chi connectivity index (χ4v) is 3.37. The summed E-state index contributed by atoms with van der Waals surface area (Å²) in [5, 5.41) is 0. The summed E-state index contributed by atoms with van der Waals surface area (Å²) in [5.41, 5.74) is 6.38. The van der Waals surface area contributed by atoms with Crippen molar-refractivity contribution in [2.45, 2.75) is 52.9 Å². The zero-order chi connectivity index (χ0) is 11.9. The first-order valence-corrected chi connectivity index (χ1v) is 6.48. The van der Waals surface area contributed by atoms with Crippen LogP contribution in [0.25, 0.3) is 0 Å². The lowest BCUT2D eigenvalue weighted by Gasteiger charge is -2.45. The summed E-state index contributed by atoms with van der Waals surface area (Å²) in [5.74, 6) is 0.712. The Labute approximate surface area is 100 Å². The average Bonchev–Trinajstić information content (AvgIpc) is 2.24. The van der Waals surface area contributed by atoms with Gasteiger partial charge in [-0.3, -0.25) is 0 Å². The normalized spacial score (nSPS) is 34.9. The number of rotatable bonds is 1. The highest BCUT2D eigenvalue weighted by atomic mass is 14.4. The molecule has 2 aliphatic rings. The van der Waals surface area contributed by atoms with Gasteiger partial charge in [-0.15, -0.1) is 0 Å². The molecule has 0 aromatic heterocycles. The Morgan fingerprint density at radius 3 is 2.69 bits per heavy atom. The molecule has 2 rings (SSSR count). The van der Waals surface area contributed by atoms with Gasteiger partial charge < -0.3 is 0 Å². The van der Waals surface area contributed by atoms with Crippen LogP contribution in [-0.2, 0) is 0 Å². The van der Waals surface area contributed by atoms with Crippen molar-refractivity contribution in [1.82, 2.24) is 0 Å². The third-order valence-corrected chi connectivity index (χ3v) is 4.88. The molecule has 0 aromatic carbocycles. The van der Waals surface area contributed by atoms with Gasteiger partial charge in [-0.25, -0.2) is 0 Å². The lowest BCUT2D eigenvalue weighted by atomic mass is 9.60. The second-order valence-electron chi connectivity index (χ2n) is 6.05. The minimum Gasteiger partial charge on any atom is -0.0998 e. The van der Waals surface area contributed by atoms with Crippen molar-refractivity contribution in [3.8, 4) is 0 Å². The van der Waals surface area contributed by atoms with Crippen molar-refractivity contribution < 1.29 is 0 Å². The molecule has 2 aliphatic carbocycles. The summed E-state index contributed by atoms with van der Waals surface area (Å²) < 4.78 is 0. The maximum absolute atomic E-state index is 4.21. The van der Waals surface area contributed by atoms with Gasteiger partial charge in [0.1, 0.15) is 0 Å². The Hall–Kier alpha value is -0.780. The first-order chi connectivity index (χ1) is 7.44. The molecule has 0 aliphatic heterocycles. The third-order valence-electron chi connectivity index (χ3n) is 4.88. The van der Waals surface area contributed by atoms with Crippen LogP contribution in [0.5, 0.6) is 0 Å². The minimum atomic E-state index is 0.469. The molecule has 0 radical (unpaired) electrons. The van der Waals surface area contributed by atoms with E-state index in [1.165, 1.54) is 48.8 Å². The smallest absolute Gasteiger partial charge is 0.0107 e. The summed E-state index contributed by atoms with van der Waals surface area (Å²) in [7, 11) is 0. The van der Waals surface area contributed by atoms with Gasteiger partial charge in [0.15, 0.2) is 0 Å². The van der Waals surface area contributed by atoms with Gasteiger partial charge >= 0.3 is 0 Å². The van der Waals surface area contributed by atoms with Crippen LogP contribution in [0.3, 0.4) is 0 Å². The SMILES string of the molecule is C=C1CC[C@]2(C)CC[C@@H](C(=C)C)CC2=C1C. The second kappa shape index (κ2) is 3.91. The van der Waals surface area contributed by atoms with Crippen LogP contribution in [0.2, 0.25) is 0 Å². The zero-order valence-electron chi connectivity index (χ0n) is 11.0. The molecule has 0 spiro atoms. The summed E-state index contributed by atoms with van der Waals surface area (Å²) in [4.78, 5) is 0. The van der Waals surface area contributed by atoms with Crippen molar-refractivity contribution >= 4 is 0 Å². The predicted molar refractivity (Wildman–Crippen MR) is 71.3 cm³/mol. The Bertz CT molecular complexity index is 369. The minimum absolute atomic E-state index is 0.469. The van der Waals surface area contributed by atoms with Crippen LogP contribution >= 0.6 is 0 Å². The van der Waals surface area contributed by atoms with E-state index in [0.29, 0.717) is 11.3 Å². The Balaban J connectivity index is 2.34. The van der Waals surface area contributed by atoms with Gasteiger partial charge in [0, 0.05) is 0 Å². The van der Waals surface area contributed by atoms with E-state index in [4.69, 9.17) is 0 Å². The lowest BCUT2D eigenvalue weighted by molar-refractivity contribution is 0.240. The first-order valence-electron chi connectivity index (χ1n) is 6.48. The number of hydrogen-bond donors (Lipinski definition) is 0. The molecule has 2 atom stereocenters. The standard InChI is InChI=1S/C16H24/c1-11(2)14-7-9-16(5)8-6-12(3)13(4)15(16)10-14/h14H,1,3,6-10H2,2,4-5H3/t14-,16-/m1/s1. The molecule has 1 saturated carbocycles. The molecule has 0 N–H and O–H groups in total. The average molecular weight is 216 g/mol. The lowest BCUT2D eigenvalue weighted by Crippen LogP contribution is -2.31. The fourth-order valence-electron chi connectivity index (χ4n) is 3.37. The molecule has 0 bridgehead atoms. The van der Waals surface area contributed by atoms with Crippen LogP contribution < -0.4 is 0 Å². The van der Waals surface area contributed by atoms with Crippen LogP contribution in [0.15, 0.2) is 35.5 Å². The molecule has 88 valence electrons. The summed E-state index contributed by atoms with van der Waals surface area (Å²) in [6, 6.07) is 0. The molecule has 0 aromatic rings. The van der Waals surface area contributed by atoms with E-state index < -0.39 is 0 Å². The third kappa shape index (κ3) is 1.79. The van der Waals surface area contributed by atoms with Crippen LogP contribution in [0.1, 0.15) is 52.9 Å². The Morgan fingerprint density at radius 2 is 2.06 bits per heavy atom. The zero-order valence-corrected chi connectivity index (χ0v) is 11.0. The fraction of sp³-hybridized carbons (Fsp3) is 0.625. The highest BCUT2D eigenvalue weighted by molar-refractivity contribution is 5.40. The monoisotopic (exact) mass is 216 g/mol. The molecule has 0 heteroatoms. The van der Waals surface area contributed by atoms with Crippen molar-refractivity contribution in [2.75, 3.05) is 0 Å². The summed E-state index contributed by atoms with van der Waals surface area (Å²) in [6.07, 6.45) is 6.40. The van der Waals surface area contributed by atoms with E-state index in [0.717, 1.165) is 0 Å².